The zero-order valence-corrected chi connectivity index (χ0v) is 25.8. The number of carbonyl (C=O) groups is 4. The summed E-state index contributed by atoms with van der Waals surface area (Å²) >= 11 is 0. The van der Waals surface area contributed by atoms with Gasteiger partial charge in [-0.1, -0.05) is 60.7 Å². The van der Waals surface area contributed by atoms with Gasteiger partial charge in [0.2, 0.25) is 11.6 Å². The Morgan fingerprint density at radius 1 is 0.542 bits per heavy atom. The molecule has 48 heavy (non-hydrogen) atoms. The molecular weight excluding hydrogens is 618 g/mol. The highest BCUT2D eigenvalue weighted by molar-refractivity contribution is 6.42. The topological polar surface area (TPSA) is 115 Å². The first-order chi connectivity index (χ1) is 23.0. The largest absolute Gasteiger partial charge is 0.507 e. The van der Waals surface area contributed by atoms with Crippen LogP contribution in [0.4, 0.5) is 8.78 Å². The average molecular weight is 651 g/mol. The lowest BCUT2D eigenvalue weighted by Gasteiger charge is -2.33. The predicted octanol–water partition coefficient (Wildman–Crippen LogP) is 5.45. The Hall–Kier alpha value is -5.90. The molecule has 8 nitrogen and oxygen atoms in total. The van der Waals surface area contributed by atoms with E-state index in [1.54, 1.807) is 72.8 Å². The minimum atomic E-state index is -0.952. The van der Waals surface area contributed by atoms with Crippen molar-refractivity contribution in [3.05, 3.63) is 154 Å². The van der Waals surface area contributed by atoms with Crippen molar-refractivity contribution in [1.82, 2.24) is 9.80 Å². The standard InChI is InChI=1S/C38H32F2N2O6/c39-31-11-3-7-27(21-31)17-25-5-1-9-29(19-25)33(43)23-35(45)37(47)41-13-15-42(16-14-41)38(48)36(46)24-34(44)30-10-2-6-26(20-30)18-28-8-4-12-32(40)22-28/h1-12,19-24,43-44H,13-18H2/b33-23-,34-24-. The van der Waals surface area contributed by atoms with Gasteiger partial charge in [0, 0.05) is 49.5 Å². The molecule has 1 heterocycles. The first-order valence-corrected chi connectivity index (χ1v) is 15.2. The van der Waals surface area contributed by atoms with Gasteiger partial charge in [0.1, 0.15) is 23.2 Å². The van der Waals surface area contributed by atoms with E-state index in [0.717, 1.165) is 34.4 Å². The molecule has 0 aliphatic carbocycles. The number of aliphatic hydroxyl groups excluding tert-OH is 2. The Morgan fingerprint density at radius 3 is 1.23 bits per heavy atom. The van der Waals surface area contributed by atoms with Gasteiger partial charge < -0.3 is 20.0 Å². The molecule has 10 heteroatoms. The quantitative estimate of drug-likeness (QED) is 0.134. The molecule has 1 aliphatic rings. The second kappa shape index (κ2) is 15.1. The van der Waals surface area contributed by atoms with Gasteiger partial charge in [0.15, 0.2) is 0 Å². The molecule has 1 fully saturated rings. The third-order valence-corrected chi connectivity index (χ3v) is 7.85. The summed E-state index contributed by atoms with van der Waals surface area (Å²) in [5.41, 5.74) is 3.63. The van der Waals surface area contributed by atoms with Crippen molar-refractivity contribution in [2.24, 2.45) is 0 Å². The van der Waals surface area contributed by atoms with Gasteiger partial charge in [-0.2, -0.15) is 0 Å². The van der Waals surface area contributed by atoms with E-state index < -0.39 is 34.9 Å². The fraction of sp³-hybridized carbons (Fsp3) is 0.158. The lowest BCUT2D eigenvalue weighted by atomic mass is 10.0. The van der Waals surface area contributed by atoms with E-state index in [1.807, 2.05) is 0 Å². The molecule has 0 saturated carbocycles. The highest BCUT2D eigenvalue weighted by Gasteiger charge is 2.29. The number of halogens is 2. The first kappa shape index (κ1) is 33.5. The summed E-state index contributed by atoms with van der Waals surface area (Å²) in [4.78, 5) is 53.5. The number of benzene rings is 4. The van der Waals surface area contributed by atoms with Gasteiger partial charge >= 0.3 is 0 Å². The molecule has 4 aromatic carbocycles. The van der Waals surface area contributed by atoms with E-state index in [-0.39, 0.29) is 37.8 Å². The number of rotatable bonds is 10. The maximum atomic E-state index is 13.5. The molecule has 0 unspecified atom stereocenters. The van der Waals surface area contributed by atoms with Crippen molar-refractivity contribution in [2.45, 2.75) is 12.8 Å². The highest BCUT2D eigenvalue weighted by Crippen LogP contribution is 2.19. The molecule has 1 aliphatic heterocycles. The third kappa shape index (κ3) is 8.67. The minimum absolute atomic E-state index is 0.0147. The lowest BCUT2D eigenvalue weighted by Crippen LogP contribution is -2.53. The SMILES string of the molecule is O=C(/C=C(\O)c1cccc(Cc2cccc(F)c2)c1)C(=O)N1CCN(C(=O)C(=O)/C=C(\O)c2cccc(Cc3cccc(F)c3)c2)CC1. The van der Waals surface area contributed by atoms with Crippen LogP contribution >= 0.6 is 0 Å². The number of hydrogen-bond acceptors (Lipinski definition) is 6. The lowest BCUT2D eigenvalue weighted by molar-refractivity contribution is -0.147. The molecule has 4 aromatic rings. The summed E-state index contributed by atoms with van der Waals surface area (Å²) in [6.45, 7) is -0.0590. The van der Waals surface area contributed by atoms with Crippen LogP contribution in [0.25, 0.3) is 11.5 Å². The molecule has 0 aromatic heterocycles. The molecule has 1 saturated heterocycles. The van der Waals surface area contributed by atoms with Gasteiger partial charge in [-0.05, 0) is 71.5 Å². The summed E-state index contributed by atoms with van der Waals surface area (Å²) < 4.78 is 27.1. The smallest absolute Gasteiger partial charge is 0.294 e. The van der Waals surface area contributed by atoms with E-state index in [9.17, 15) is 38.2 Å². The monoisotopic (exact) mass is 650 g/mol. The van der Waals surface area contributed by atoms with Gasteiger partial charge in [-0.15, -0.1) is 0 Å². The van der Waals surface area contributed by atoms with Crippen LogP contribution in [0.3, 0.4) is 0 Å². The second-order valence-corrected chi connectivity index (χ2v) is 11.4. The Kier molecular flexibility index (Phi) is 10.5. The van der Waals surface area contributed by atoms with Crippen molar-refractivity contribution in [1.29, 1.82) is 0 Å². The van der Waals surface area contributed by atoms with Crippen LogP contribution in [-0.2, 0) is 32.0 Å². The molecule has 5 rings (SSSR count). The van der Waals surface area contributed by atoms with Crippen molar-refractivity contribution < 1.29 is 38.2 Å². The first-order valence-electron chi connectivity index (χ1n) is 15.2. The summed E-state index contributed by atoms with van der Waals surface area (Å²) in [6, 6.07) is 25.7. The van der Waals surface area contributed by atoms with Gasteiger partial charge in [0.25, 0.3) is 11.8 Å². The van der Waals surface area contributed by atoms with Gasteiger partial charge in [-0.25, -0.2) is 8.78 Å². The number of aliphatic hydroxyl groups is 2. The Bertz CT molecular complexity index is 1790. The normalized spacial score (nSPS) is 13.7. The average Bonchev–Trinajstić information content (AvgIpc) is 3.08. The maximum absolute atomic E-state index is 13.5. The Balaban J connectivity index is 1.14. The molecule has 0 spiro atoms. The van der Waals surface area contributed by atoms with Crippen LogP contribution in [0, 0.1) is 11.6 Å². The number of carbonyl (C=O) groups excluding carboxylic acids is 4. The third-order valence-electron chi connectivity index (χ3n) is 7.85. The molecule has 2 amide bonds. The van der Waals surface area contributed by atoms with E-state index in [2.05, 4.69) is 0 Å². The van der Waals surface area contributed by atoms with Crippen molar-refractivity contribution in [3.63, 3.8) is 0 Å². The predicted molar refractivity (Wildman–Crippen MR) is 176 cm³/mol. The number of ketones is 2. The molecule has 0 atom stereocenters. The summed E-state index contributed by atoms with van der Waals surface area (Å²) in [5.74, 6) is -5.17. The van der Waals surface area contributed by atoms with Crippen LogP contribution in [-0.4, -0.2) is 69.6 Å². The summed E-state index contributed by atoms with van der Waals surface area (Å²) in [6.07, 6.45) is 2.48. The molecule has 0 radical (unpaired) electrons. The Morgan fingerprint density at radius 2 is 0.875 bits per heavy atom. The number of amides is 2. The Labute approximate surface area is 275 Å². The molecule has 244 valence electrons. The van der Waals surface area contributed by atoms with Crippen LogP contribution in [0.2, 0.25) is 0 Å². The number of nitrogens with zero attached hydrogens (tertiary/aromatic N) is 2. The zero-order chi connectivity index (χ0) is 34.2. The second-order valence-electron chi connectivity index (χ2n) is 11.4. The molecular formula is C38H32F2N2O6. The van der Waals surface area contributed by atoms with E-state index in [0.29, 0.717) is 24.0 Å². The van der Waals surface area contributed by atoms with E-state index in [4.69, 9.17) is 0 Å². The summed E-state index contributed by atoms with van der Waals surface area (Å²) in [7, 11) is 0. The van der Waals surface area contributed by atoms with E-state index in [1.165, 1.54) is 34.1 Å². The van der Waals surface area contributed by atoms with Crippen LogP contribution in [0.1, 0.15) is 33.4 Å². The van der Waals surface area contributed by atoms with E-state index >= 15 is 0 Å². The molecule has 2 N–H and O–H groups in total. The van der Waals surface area contributed by atoms with Crippen LogP contribution in [0.5, 0.6) is 0 Å². The van der Waals surface area contributed by atoms with Crippen molar-refractivity contribution >= 4 is 34.9 Å². The van der Waals surface area contributed by atoms with Crippen molar-refractivity contribution in [3.8, 4) is 0 Å². The fourth-order valence-corrected chi connectivity index (χ4v) is 5.41. The minimum Gasteiger partial charge on any atom is -0.507 e. The van der Waals surface area contributed by atoms with Crippen LogP contribution < -0.4 is 0 Å². The fourth-order valence-electron chi connectivity index (χ4n) is 5.41. The number of hydrogen-bond donors (Lipinski definition) is 2. The van der Waals surface area contributed by atoms with Gasteiger partial charge in [-0.3, -0.25) is 19.2 Å². The molecule has 0 bridgehead atoms. The summed E-state index contributed by atoms with van der Waals surface area (Å²) in [5, 5.41) is 21.1. The maximum Gasteiger partial charge on any atom is 0.294 e. The van der Waals surface area contributed by atoms with Gasteiger partial charge in [0.05, 0.1) is 0 Å². The number of piperazine rings is 1. The van der Waals surface area contributed by atoms with Crippen LogP contribution in [0.15, 0.2) is 109 Å². The zero-order valence-electron chi connectivity index (χ0n) is 25.8. The highest BCUT2D eigenvalue weighted by atomic mass is 19.1. The van der Waals surface area contributed by atoms with Crippen molar-refractivity contribution in [2.75, 3.05) is 26.2 Å².